The highest BCUT2D eigenvalue weighted by atomic mass is 32.2. The van der Waals surface area contributed by atoms with E-state index in [9.17, 15) is 14.0 Å². The molecule has 0 aliphatic heterocycles. The molecule has 0 aliphatic carbocycles. The molecule has 1 aromatic carbocycles. The predicted molar refractivity (Wildman–Crippen MR) is 115 cm³/mol. The highest BCUT2D eigenvalue weighted by Gasteiger charge is 2.22. The number of halogens is 1. The lowest BCUT2D eigenvalue weighted by atomic mass is 10.0. The van der Waals surface area contributed by atoms with Gasteiger partial charge in [-0.05, 0) is 31.0 Å². The number of carbonyl (C=O) groups excluding carboxylic acids is 2. The molecule has 0 unspecified atom stereocenters. The fourth-order valence-electron chi connectivity index (χ4n) is 2.84. The molecule has 0 saturated carbocycles. The number of anilines is 1. The summed E-state index contributed by atoms with van der Waals surface area (Å²) in [7, 11) is 1.28. The Bertz CT molecular complexity index is 1050. The van der Waals surface area contributed by atoms with Gasteiger partial charge in [0.15, 0.2) is 5.16 Å². The van der Waals surface area contributed by atoms with Crippen LogP contribution in [-0.2, 0) is 16.1 Å². The molecule has 7 nitrogen and oxygen atoms in total. The standard InChI is InChI=1S/C20H21FN4O3S2/c1-4-9-25-12(2)23-24-20(25)30-11-16(26)22-18-17(19(27)28-3)15(10-29-18)13-5-7-14(21)8-6-13/h5-8,10H,4,9,11H2,1-3H3,(H,22,26). The number of nitrogens with one attached hydrogen (secondary N) is 1. The molecule has 0 aliphatic rings. The zero-order valence-electron chi connectivity index (χ0n) is 16.8. The number of ether oxygens (including phenoxy) is 1. The fourth-order valence-corrected chi connectivity index (χ4v) is 4.62. The van der Waals surface area contributed by atoms with Gasteiger partial charge in [0.25, 0.3) is 0 Å². The number of rotatable bonds is 8. The molecule has 0 bridgehead atoms. The third-order valence-electron chi connectivity index (χ3n) is 4.27. The number of thioether (sulfide) groups is 1. The fraction of sp³-hybridized carbons (Fsp3) is 0.300. The van der Waals surface area contributed by atoms with E-state index in [4.69, 9.17) is 4.74 Å². The summed E-state index contributed by atoms with van der Waals surface area (Å²) in [4.78, 5) is 24.9. The van der Waals surface area contributed by atoms with Gasteiger partial charge >= 0.3 is 5.97 Å². The molecular formula is C20H21FN4O3S2. The van der Waals surface area contributed by atoms with Gasteiger partial charge in [-0.15, -0.1) is 21.5 Å². The summed E-state index contributed by atoms with van der Waals surface area (Å²) in [6.45, 7) is 4.71. The van der Waals surface area contributed by atoms with E-state index < -0.39 is 5.97 Å². The summed E-state index contributed by atoms with van der Waals surface area (Å²) < 4.78 is 20.1. The van der Waals surface area contributed by atoms with Crippen LogP contribution in [0.3, 0.4) is 0 Å². The Labute approximate surface area is 181 Å². The second kappa shape index (κ2) is 9.86. The van der Waals surface area contributed by atoms with Gasteiger partial charge in [0, 0.05) is 17.5 Å². The van der Waals surface area contributed by atoms with Gasteiger partial charge in [0.05, 0.1) is 12.9 Å². The van der Waals surface area contributed by atoms with Crippen molar-refractivity contribution in [2.24, 2.45) is 0 Å². The van der Waals surface area contributed by atoms with Crippen LogP contribution < -0.4 is 5.32 Å². The number of aryl methyl sites for hydroxylation is 1. The minimum absolute atomic E-state index is 0.117. The van der Waals surface area contributed by atoms with Crippen molar-refractivity contribution in [1.29, 1.82) is 0 Å². The van der Waals surface area contributed by atoms with E-state index in [0.29, 0.717) is 21.3 Å². The van der Waals surface area contributed by atoms with Crippen LogP contribution in [0, 0.1) is 12.7 Å². The number of carbonyl (C=O) groups is 2. The van der Waals surface area contributed by atoms with Crippen molar-refractivity contribution in [3.05, 3.63) is 46.9 Å². The number of methoxy groups -OCH3 is 1. The third kappa shape index (κ3) is 4.88. The molecule has 30 heavy (non-hydrogen) atoms. The molecule has 0 spiro atoms. The normalized spacial score (nSPS) is 10.8. The SMILES string of the molecule is CCCn1c(C)nnc1SCC(=O)Nc1scc(-c2ccc(F)cc2)c1C(=O)OC. The molecule has 0 saturated heterocycles. The molecule has 1 amide bonds. The summed E-state index contributed by atoms with van der Waals surface area (Å²) >= 11 is 2.50. The molecule has 0 atom stereocenters. The summed E-state index contributed by atoms with van der Waals surface area (Å²) in [5, 5.41) is 13.8. The summed E-state index contributed by atoms with van der Waals surface area (Å²) in [5.41, 5.74) is 1.48. The van der Waals surface area contributed by atoms with E-state index in [2.05, 4.69) is 22.4 Å². The highest BCUT2D eigenvalue weighted by Crippen LogP contribution is 2.36. The Balaban J connectivity index is 1.77. The molecule has 2 aromatic heterocycles. The van der Waals surface area contributed by atoms with Crippen molar-refractivity contribution >= 4 is 40.0 Å². The smallest absolute Gasteiger partial charge is 0.341 e. The maximum atomic E-state index is 13.2. The van der Waals surface area contributed by atoms with E-state index in [1.54, 1.807) is 17.5 Å². The van der Waals surface area contributed by atoms with Crippen LogP contribution in [0.15, 0.2) is 34.8 Å². The molecule has 3 aromatic rings. The van der Waals surface area contributed by atoms with E-state index in [1.165, 1.54) is 42.3 Å². The van der Waals surface area contributed by atoms with Gasteiger partial charge in [0.1, 0.15) is 22.2 Å². The molecule has 10 heteroatoms. The number of esters is 1. The van der Waals surface area contributed by atoms with Crippen molar-refractivity contribution in [3.63, 3.8) is 0 Å². The molecular weight excluding hydrogens is 427 g/mol. The van der Waals surface area contributed by atoms with Crippen molar-refractivity contribution in [3.8, 4) is 11.1 Å². The Morgan fingerprint density at radius 3 is 2.67 bits per heavy atom. The Morgan fingerprint density at radius 1 is 1.27 bits per heavy atom. The van der Waals surface area contributed by atoms with Gasteiger partial charge in [-0.25, -0.2) is 9.18 Å². The molecule has 158 valence electrons. The summed E-state index contributed by atoms with van der Waals surface area (Å²) in [6, 6.07) is 5.79. The third-order valence-corrected chi connectivity index (χ3v) is 6.13. The molecule has 2 heterocycles. The monoisotopic (exact) mass is 448 g/mol. The van der Waals surface area contributed by atoms with E-state index in [-0.39, 0.29) is 23.0 Å². The summed E-state index contributed by atoms with van der Waals surface area (Å²) in [5.74, 6) is -0.301. The number of hydrogen-bond acceptors (Lipinski definition) is 7. The zero-order valence-corrected chi connectivity index (χ0v) is 18.4. The van der Waals surface area contributed by atoms with Crippen LogP contribution >= 0.6 is 23.1 Å². The molecule has 0 fully saturated rings. The lowest BCUT2D eigenvalue weighted by molar-refractivity contribution is -0.113. The van der Waals surface area contributed by atoms with Crippen LogP contribution in [0.25, 0.3) is 11.1 Å². The van der Waals surface area contributed by atoms with E-state index in [0.717, 1.165) is 18.8 Å². The number of hydrogen-bond donors (Lipinski definition) is 1. The number of benzene rings is 1. The van der Waals surface area contributed by atoms with Gasteiger partial charge in [-0.1, -0.05) is 30.8 Å². The average Bonchev–Trinajstić information content (AvgIpc) is 3.30. The van der Waals surface area contributed by atoms with Crippen molar-refractivity contribution < 1.29 is 18.7 Å². The van der Waals surface area contributed by atoms with Gasteiger partial charge in [-0.2, -0.15) is 0 Å². The van der Waals surface area contributed by atoms with Crippen LogP contribution in [0.4, 0.5) is 9.39 Å². The number of thiophene rings is 1. The van der Waals surface area contributed by atoms with Gasteiger partial charge in [0.2, 0.25) is 5.91 Å². The van der Waals surface area contributed by atoms with E-state index >= 15 is 0 Å². The van der Waals surface area contributed by atoms with Crippen LogP contribution in [-0.4, -0.2) is 39.5 Å². The quantitative estimate of drug-likeness (QED) is 0.407. The largest absolute Gasteiger partial charge is 0.465 e. The Kier molecular flexibility index (Phi) is 7.22. The first-order valence-corrected chi connectivity index (χ1v) is 11.1. The molecule has 3 rings (SSSR count). The first-order chi connectivity index (χ1) is 14.4. The van der Waals surface area contributed by atoms with Gasteiger partial charge < -0.3 is 14.6 Å². The predicted octanol–water partition coefficient (Wildman–Crippen LogP) is 4.38. The van der Waals surface area contributed by atoms with Crippen molar-refractivity contribution in [2.75, 3.05) is 18.2 Å². The second-order valence-electron chi connectivity index (χ2n) is 6.37. The summed E-state index contributed by atoms with van der Waals surface area (Å²) in [6.07, 6.45) is 0.933. The zero-order chi connectivity index (χ0) is 21.7. The molecule has 0 radical (unpaired) electrons. The minimum Gasteiger partial charge on any atom is -0.465 e. The maximum absolute atomic E-state index is 13.2. The minimum atomic E-state index is -0.572. The van der Waals surface area contributed by atoms with Crippen LogP contribution in [0.2, 0.25) is 0 Å². The lowest BCUT2D eigenvalue weighted by Gasteiger charge is -2.08. The van der Waals surface area contributed by atoms with Gasteiger partial charge in [-0.3, -0.25) is 4.79 Å². The average molecular weight is 449 g/mol. The highest BCUT2D eigenvalue weighted by molar-refractivity contribution is 7.99. The topological polar surface area (TPSA) is 86.1 Å². The van der Waals surface area contributed by atoms with Crippen molar-refractivity contribution in [1.82, 2.24) is 14.8 Å². The van der Waals surface area contributed by atoms with E-state index in [1.807, 2.05) is 11.5 Å². The van der Waals surface area contributed by atoms with Crippen LogP contribution in [0.5, 0.6) is 0 Å². The first kappa shape index (κ1) is 22.0. The first-order valence-electron chi connectivity index (χ1n) is 9.22. The molecule has 1 N–H and O–H groups in total. The lowest BCUT2D eigenvalue weighted by Crippen LogP contribution is -2.16. The Hall–Kier alpha value is -2.72. The van der Waals surface area contributed by atoms with Crippen molar-refractivity contribution in [2.45, 2.75) is 32.0 Å². The number of aromatic nitrogens is 3. The van der Waals surface area contributed by atoms with Crippen LogP contribution in [0.1, 0.15) is 29.5 Å². The number of nitrogens with zero attached hydrogens (tertiary/aromatic N) is 3. The number of amides is 1. The maximum Gasteiger partial charge on any atom is 0.341 e. The second-order valence-corrected chi connectivity index (χ2v) is 8.19. The Morgan fingerprint density at radius 2 is 2.00 bits per heavy atom.